The average Bonchev–Trinajstić information content (AvgIpc) is 2.41. The summed E-state index contributed by atoms with van der Waals surface area (Å²) in [6.07, 6.45) is 16.2. The van der Waals surface area contributed by atoms with Crippen LogP contribution in [0, 0.1) is 5.92 Å². The third-order valence-electron chi connectivity index (χ3n) is 4.94. The zero-order valence-electron chi connectivity index (χ0n) is 11.8. The van der Waals surface area contributed by atoms with Gasteiger partial charge in [-0.1, -0.05) is 39.0 Å². The third kappa shape index (κ3) is 4.28. The molecule has 1 nitrogen and oxygen atoms in total. The van der Waals surface area contributed by atoms with Crippen molar-refractivity contribution in [2.24, 2.45) is 5.92 Å². The average molecular weight is 237 g/mol. The highest BCUT2D eigenvalue weighted by Crippen LogP contribution is 2.32. The lowest BCUT2D eigenvalue weighted by Crippen LogP contribution is -2.41. The number of hydrogen-bond donors (Lipinski definition) is 0. The fourth-order valence-electron chi connectivity index (χ4n) is 3.77. The molecule has 1 aliphatic carbocycles. The van der Waals surface area contributed by atoms with Crippen LogP contribution in [0.4, 0.5) is 0 Å². The Bertz CT molecular complexity index is 188. The summed E-state index contributed by atoms with van der Waals surface area (Å²) >= 11 is 0. The van der Waals surface area contributed by atoms with Gasteiger partial charge in [-0.05, 0) is 57.5 Å². The van der Waals surface area contributed by atoms with E-state index in [1.165, 1.54) is 83.7 Å². The first-order valence-corrected chi connectivity index (χ1v) is 8.14. The van der Waals surface area contributed by atoms with E-state index in [2.05, 4.69) is 11.8 Å². The molecule has 0 spiro atoms. The minimum atomic E-state index is 0.956. The molecule has 2 fully saturated rings. The van der Waals surface area contributed by atoms with Crippen molar-refractivity contribution in [2.75, 3.05) is 13.1 Å². The van der Waals surface area contributed by atoms with Gasteiger partial charge in [0.2, 0.25) is 0 Å². The predicted octanol–water partition coefficient (Wildman–Crippen LogP) is 4.61. The van der Waals surface area contributed by atoms with Crippen molar-refractivity contribution in [1.82, 2.24) is 4.90 Å². The number of rotatable bonds is 5. The summed E-state index contributed by atoms with van der Waals surface area (Å²) in [5, 5.41) is 0. The summed E-state index contributed by atoms with van der Waals surface area (Å²) in [4.78, 5) is 2.80. The second kappa shape index (κ2) is 7.41. The van der Waals surface area contributed by atoms with Crippen LogP contribution in [0.15, 0.2) is 0 Å². The first-order chi connectivity index (χ1) is 8.40. The Hall–Kier alpha value is -0.0400. The Kier molecular flexibility index (Phi) is 5.84. The van der Waals surface area contributed by atoms with Crippen LogP contribution in [-0.2, 0) is 0 Å². The standard InChI is InChI=1S/C16H31N/c1-2-3-5-8-15-9-11-16(12-10-15)17-13-6-4-7-14-17/h15-16H,2-14H2,1H3. The van der Waals surface area contributed by atoms with Crippen LogP contribution in [0.2, 0.25) is 0 Å². The Morgan fingerprint density at radius 2 is 1.59 bits per heavy atom. The number of piperidine rings is 1. The van der Waals surface area contributed by atoms with Gasteiger partial charge in [0.25, 0.3) is 0 Å². The zero-order valence-corrected chi connectivity index (χ0v) is 11.8. The molecule has 0 unspecified atom stereocenters. The molecule has 1 saturated heterocycles. The number of hydrogen-bond acceptors (Lipinski definition) is 1. The highest BCUT2D eigenvalue weighted by atomic mass is 15.2. The van der Waals surface area contributed by atoms with Crippen LogP contribution in [0.25, 0.3) is 0 Å². The molecule has 2 rings (SSSR count). The molecule has 1 heteroatoms. The fourth-order valence-corrected chi connectivity index (χ4v) is 3.77. The second-order valence-electron chi connectivity index (χ2n) is 6.27. The molecule has 0 atom stereocenters. The highest BCUT2D eigenvalue weighted by Gasteiger charge is 2.26. The van der Waals surface area contributed by atoms with E-state index in [0.717, 1.165) is 12.0 Å². The van der Waals surface area contributed by atoms with Crippen LogP contribution < -0.4 is 0 Å². The SMILES string of the molecule is CCCCCC1CCC(N2CCCCC2)CC1. The Labute approximate surface area is 108 Å². The zero-order chi connectivity index (χ0) is 11.9. The summed E-state index contributed by atoms with van der Waals surface area (Å²) < 4.78 is 0. The maximum Gasteiger partial charge on any atom is 0.00954 e. The normalized spacial score (nSPS) is 31.6. The maximum absolute atomic E-state index is 2.80. The van der Waals surface area contributed by atoms with Gasteiger partial charge in [-0.3, -0.25) is 0 Å². The molecule has 1 heterocycles. The van der Waals surface area contributed by atoms with Crippen molar-refractivity contribution in [3.05, 3.63) is 0 Å². The van der Waals surface area contributed by atoms with Gasteiger partial charge < -0.3 is 4.90 Å². The number of nitrogens with zero attached hydrogens (tertiary/aromatic N) is 1. The molecule has 0 N–H and O–H groups in total. The van der Waals surface area contributed by atoms with Gasteiger partial charge >= 0.3 is 0 Å². The first kappa shape index (κ1) is 13.4. The molecule has 0 aromatic heterocycles. The summed E-state index contributed by atoms with van der Waals surface area (Å²) in [5.41, 5.74) is 0. The van der Waals surface area contributed by atoms with Crippen LogP contribution in [0.3, 0.4) is 0 Å². The summed E-state index contributed by atoms with van der Waals surface area (Å²) in [5.74, 6) is 1.07. The van der Waals surface area contributed by atoms with Crippen molar-refractivity contribution in [3.63, 3.8) is 0 Å². The lowest BCUT2D eigenvalue weighted by Gasteiger charge is -2.39. The second-order valence-corrected chi connectivity index (χ2v) is 6.27. The van der Waals surface area contributed by atoms with E-state index in [4.69, 9.17) is 0 Å². The predicted molar refractivity (Wildman–Crippen MR) is 75.3 cm³/mol. The Morgan fingerprint density at radius 1 is 0.882 bits per heavy atom. The number of likely N-dealkylation sites (tertiary alicyclic amines) is 1. The molecule has 100 valence electrons. The van der Waals surface area contributed by atoms with Gasteiger partial charge in [0.1, 0.15) is 0 Å². The molecule has 0 aromatic rings. The quantitative estimate of drug-likeness (QED) is 0.631. The minimum Gasteiger partial charge on any atom is -0.300 e. The first-order valence-electron chi connectivity index (χ1n) is 8.14. The van der Waals surface area contributed by atoms with Crippen LogP contribution in [0.1, 0.15) is 77.6 Å². The molecule has 0 amide bonds. The van der Waals surface area contributed by atoms with Crippen molar-refractivity contribution < 1.29 is 0 Å². The molecule has 0 radical (unpaired) electrons. The smallest absolute Gasteiger partial charge is 0.00954 e. The molecular formula is C16H31N. The van der Waals surface area contributed by atoms with Gasteiger partial charge in [0, 0.05) is 6.04 Å². The molecule has 0 aromatic carbocycles. The van der Waals surface area contributed by atoms with E-state index in [1.807, 2.05) is 0 Å². The number of unbranched alkanes of at least 4 members (excludes halogenated alkanes) is 2. The third-order valence-corrected chi connectivity index (χ3v) is 4.94. The Morgan fingerprint density at radius 3 is 2.24 bits per heavy atom. The lowest BCUT2D eigenvalue weighted by molar-refractivity contribution is 0.112. The van der Waals surface area contributed by atoms with Crippen molar-refractivity contribution >= 4 is 0 Å². The molecule has 1 aliphatic heterocycles. The maximum atomic E-state index is 2.80. The van der Waals surface area contributed by atoms with Gasteiger partial charge in [0.15, 0.2) is 0 Å². The monoisotopic (exact) mass is 237 g/mol. The van der Waals surface area contributed by atoms with E-state index in [9.17, 15) is 0 Å². The van der Waals surface area contributed by atoms with E-state index >= 15 is 0 Å². The fraction of sp³-hybridized carbons (Fsp3) is 1.00. The summed E-state index contributed by atoms with van der Waals surface area (Å²) in [7, 11) is 0. The Balaban J connectivity index is 1.63. The van der Waals surface area contributed by atoms with Crippen LogP contribution in [0.5, 0.6) is 0 Å². The molecule has 1 saturated carbocycles. The van der Waals surface area contributed by atoms with Crippen molar-refractivity contribution in [2.45, 2.75) is 83.6 Å². The molecule has 2 aliphatic rings. The topological polar surface area (TPSA) is 3.24 Å². The largest absolute Gasteiger partial charge is 0.300 e. The van der Waals surface area contributed by atoms with Crippen molar-refractivity contribution in [1.29, 1.82) is 0 Å². The highest BCUT2D eigenvalue weighted by molar-refractivity contribution is 4.81. The van der Waals surface area contributed by atoms with E-state index in [1.54, 1.807) is 0 Å². The van der Waals surface area contributed by atoms with Gasteiger partial charge in [-0.25, -0.2) is 0 Å². The summed E-state index contributed by atoms with van der Waals surface area (Å²) in [6, 6.07) is 0.956. The van der Waals surface area contributed by atoms with Gasteiger partial charge in [0.05, 0.1) is 0 Å². The van der Waals surface area contributed by atoms with Crippen molar-refractivity contribution in [3.8, 4) is 0 Å². The molecule has 0 bridgehead atoms. The van der Waals surface area contributed by atoms with E-state index in [0.29, 0.717) is 0 Å². The summed E-state index contributed by atoms with van der Waals surface area (Å²) in [6.45, 7) is 5.10. The molecular weight excluding hydrogens is 206 g/mol. The van der Waals surface area contributed by atoms with Crippen LogP contribution in [-0.4, -0.2) is 24.0 Å². The minimum absolute atomic E-state index is 0.956. The van der Waals surface area contributed by atoms with Gasteiger partial charge in [-0.2, -0.15) is 0 Å². The molecule has 17 heavy (non-hydrogen) atoms. The van der Waals surface area contributed by atoms with E-state index in [-0.39, 0.29) is 0 Å². The lowest BCUT2D eigenvalue weighted by atomic mass is 9.82. The van der Waals surface area contributed by atoms with E-state index < -0.39 is 0 Å². The van der Waals surface area contributed by atoms with Crippen LogP contribution >= 0.6 is 0 Å². The van der Waals surface area contributed by atoms with Gasteiger partial charge in [-0.15, -0.1) is 0 Å².